The molecule has 1 amide bonds. The average molecular weight is 227 g/mol. The van der Waals surface area contributed by atoms with Crippen molar-refractivity contribution in [2.24, 2.45) is 5.73 Å². The smallest absolute Gasteiger partial charge is 0.220 e. The van der Waals surface area contributed by atoms with E-state index in [1.54, 1.807) is 0 Å². The molecule has 0 saturated heterocycles. The summed E-state index contributed by atoms with van der Waals surface area (Å²) in [4.78, 5) is 10.5. The zero-order valence-corrected chi connectivity index (χ0v) is 8.94. The van der Waals surface area contributed by atoms with Crippen LogP contribution < -0.4 is 10.5 Å². The Morgan fingerprint density at radius 2 is 2.31 bits per heavy atom. The maximum Gasteiger partial charge on any atom is 0.220 e. The third-order valence-corrected chi connectivity index (χ3v) is 2.03. The van der Waals surface area contributed by atoms with Crippen molar-refractivity contribution in [1.29, 1.82) is 0 Å². The van der Waals surface area contributed by atoms with Crippen molar-refractivity contribution in [1.82, 2.24) is 0 Å². The van der Waals surface area contributed by atoms with E-state index < -0.39 is 17.8 Å². The first-order chi connectivity index (χ1) is 7.50. The summed E-state index contributed by atoms with van der Waals surface area (Å²) in [6.45, 7) is 1.62. The number of hydrogen-bond acceptors (Lipinski definition) is 3. The Morgan fingerprint density at radius 1 is 1.62 bits per heavy atom. The molecule has 0 saturated carbocycles. The number of primary amides is 1. The van der Waals surface area contributed by atoms with E-state index in [0.717, 1.165) is 0 Å². The minimum Gasteiger partial charge on any atom is -0.493 e. The summed E-state index contributed by atoms with van der Waals surface area (Å²) in [6, 6.07) is 3.84. The van der Waals surface area contributed by atoms with Crippen molar-refractivity contribution in [2.75, 3.05) is 6.61 Å². The molecule has 5 heteroatoms. The highest BCUT2D eigenvalue weighted by molar-refractivity contribution is 5.73. The SMILES string of the molecule is CC(O)c1cc(F)ccc1OCCC(N)=O. The minimum atomic E-state index is -0.834. The van der Waals surface area contributed by atoms with Crippen LogP contribution in [-0.2, 0) is 4.79 Å². The van der Waals surface area contributed by atoms with Gasteiger partial charge in [-0.1, -0.05) is 0 Å². The second kappa shape index (κ2) is 5.46. The van der Waals surface area contributed by atoms with Crippen LogP contribution in [-0.4, -0.2) is 17.6 Å². The van der Waals surface area contributed by atoms with Crippen LogP contribution in [0.1, 0.15) is 25.0 Å². The summed E-state index contributed by atoms with van der Waals surface area (Å²) in [5.41, 5.74) is 5.30. The summed E-state index contributed by atoms with van der Waals surface area (Å²) in [5, 5.41) is 9.40. The number of benzene rings is 1. The quantitative estimate of drug-likeness (QED) is 0.792. The highest BCUT2D eigenvalue weighted by Gasteiger charge is 2.10. The zero-order chi connectivity index (χ0) is 12.1. The number of aliphatic hydroxyl groups excluding tert-OH is 1. The fourth-order valence-corrected chi connectivity index (χ4v) is 1.24. The monoisotopic (exact) mass is 227 g/mol. The molecular formula is C11H14FNO3. The summed E-state index contributed by atoms with van der Waals surface area (Å²) in [6.07, 6.45) is -0.754. The lowest BCUT2D eigenvalue weighted by Crippen LogP contribution is -2.15. The number of carbonyl (C=O) groups is 1. The van der Waals surface area contributed by atoms with Crippen molar-refractivity contribution in [3.8, 4) is 5.75 Å². The molecule has 4 nitrogen and oxygen atoms in total. The first-order valence-electron chi connectivity index (χ1n) is 4.89. The fraction of sp³-hybridized carbons (Fsp3) is 0.364. The summed E-state index contributed by atoms with van der Waals surface area (Å²) < 4.78 is 18.2. The molecule has 0 fully saturated rings. The van der Waals surface area contributed by atoms with Crippen molar-refractivity contribution in [2.45, 2.75) is 19.4 Å². The van der Waals surface area contributed by atoms with E-state index in [2.05, 4.69) is 0 Å². The number of ether oxygens (including phenoxy) is 1. The van der Waals surface area contributed by atoms with Gasteiger partial charge in [-0.05, 0) is 25.1 Å². The Bertz CT molecular complexity index is 379. The van der Waals surface area contributed by atoms with E-state index in [9.17, 15) is 14.3 Å². The number of aliphatic hydroxyl groups is 1. The van der Waals surface area contributed by atoms with E-state index in [1.165, 1.54) is 25.1 Å². The molecule has 1 unspecified atom stereocenters. The minimum absolute atomic E-state index is 0.0800. The molecular weight excluding hydrogens is 213 g/mol. The van der Waals surface area contributed by atoms with Gasteiger partial charge >= 0.3 is 0 Å². The zero-order valence-electron chi connectivity index (χ0n) is 8.94. The van der Waals surface area contributed by atoms with Crippen LogP contribution in [0.25, 0.3) is 0 Å². The van der Waals surface area contributed by atoms with E-state index in [1.807, 2.05) is 0 Å². The highest BCUT2D eigenvalue weighted by Crippen LogP contribution is 2.25. The number of amides is 1. The number of halogens is 1. The maximum absolute atomic E-state index is 12.9. The molecule has 0 radical (unpaired) electrons. The van der Waals surface area contributed by atoms with Crippen LogP contribution in [0, 0.1) is 5.82 Å². The molecule has 1 rings (SSSR count). The number of carbonyl (C=O) groups excluding carboxylic acids is 1. The molecule has 3 N–H and O–H groups in total. The molecule has 0 aromatic heterocycles. The Hall–Kier alpha value is -1.62. The van der Waals surface area contributed by atoms with Crippen molar-refractivity contribution in [3.05, 3.63) is 29.6 Å². The third-order valence-electron chi connectivity index (χ3n) is 2.03. The Balaban J connectivity index is 2.74. The molecule has 0 aliphatic rings. The number of hydrogen-bond donors (Lipinski definition) is 2. The molecule has 0 spiro atoms. The first-order valence-corrected chi connectivity index (χ1v) is 4.89. The largest absolute Gasteiger partial charge is 0.493 e. The number of nitrogens with two attached hydrogens (primary N) is 1. The third kappa shape index (κ3) is 3.51. The average Bonchev–Trinajstić information content (AvgIpc) is 2.19. The van der Waals surface area contributed by atoms with E-state index in [0.29, 0.717) is 11.3 Å². The van der Waals surface area contributed by atoms with Gasteiger partial charge in [-0.25, -0.2) is 4.39 Å². The predicted molar refractivity (Wildman–Crippen MR) is 56.3 cm³/mol. The van der Waals surface area contributed by atoms with Crippen molar-refractivity contribution >= 4 is 5.91 Å². The fourth-order valence-electron chi connectivity index (χ4n) is 1.24. The van der Waals surface area contributed by atoms with Crippen LogP contribution in [0.4, 0.5) is 4.39 Å². The van der Waals surface area contributed by atoms with Crippen LogP contribution in [0.3, 0.4) is 0 Å². The lowest BCUT2D eigenvalue weighted by molar-refractivity contribution is -0.118. The molecule has 0 aliphatic carbocycles. The van der Waals surface area contributed by atoms with Crippen molar-refractivity contribution in [3.63, 3.8) is 0 Å². The predicted octanol–water partition coefficient (Wildman–Crippen LogP) is 1.13. The van der Waals surface area contributed by atoms with Gasteiger partial charge in [0.25, 0.3) is 0 Å². The molecule has 1 aromatic carbocycles. The van der Waals surface area contributed by atoms with Crippen LogP contribution in [0.2, 0.25) is 0 Å². The van der Waals surface area contributed by atoms with E-state index in [-0.39, 0.29) is 13.0 Å². The van der Waals surface area contributed by atoms with Crippen molar-refractivity contribution < 1.29 is 19.0 Å². The molecule has 88 valence electrons. The van der Waals surface area contributed by atoms with Gasteiger partial charge in [0.1, 0.15) is 11.6 Å². The first kappa shape index (κ1) is 12.4. The second-order valence-corrected chi connectivity index (χ2v) is 3.42. The summed E-state index contributed by atoms with van der Waals surface area (Å²) in [7, 11) is 0. The second-order valence-electron chi connectivity index (χ2n) is 3.42. The van der Waals surface area contributed by atoms with Crippen LogP contribution in [0.5, 0.6) is 5.75 Å². The lowest BCUT2D eigenvalue weighted by atomic mass is 10.1. The van der Waals surface area contributed by atoms with E-state index in [4.69, 9.17) is 10.5 Å². The molecule has 0 heterocycles. The van der Waals surface area contributed by atoms with Gasteiger partial charge in [0, 0.05) is 5.56 Å². The molecule has 1 atom stereocenters. The van der Waals surface area contributed by atoms with Gasteiger partial charge in [-0.2, -0.15) is 0 Å². The summed E-state index contributed by atoms with van der Waals surface area (Å²) in [5.74, 6) is -0.559. The van der Waals surface area contributed by atoms with E-state index >= 15 is 0 Å². The topological polar surface area (TPSA) is 72.6 Å². The van der Waals surface area contributed by atoms with Gasteiger partial charge in [-0.3, -0.25) is 4.79 Å². The summed E-state index contributed by atoms with van der Waals surface area (Å²) >= 11 is 0. The van der Waals surface area contributed by atoms with Crippen LogP contribution >= 0.6 is 0 Å². The van der Waals surface area contributed by atoms with Gasteiger partial charge in [0.2, 0.25) is 5.91 Å². The molecule has 0 bridgehead atoms. The standard InChI is InChI=1S/C11H14FNO3/c1-7(14)9-6-8(12)2-3-10(9)16-5-4-11(13)15/h2-3,6-7,14H,4-5H2,1H3,(H2,13,15). The van der Waals surface area contributed by atoms with Gasteiger partial charge < -0.3 is 15.6 Å². The Labute approximate surface area is 92.8 Å². The highest BCUT2D eigenvalue weighted by atomic mass is 19.1. The number of rotatable bonds is 5. The maximum atomic E-state index is 12.9. The molecule has 1 aromatic rings. The Kier molecular flexibility index (Phi) is 4.25. The lowest BCUT2D eigenvalue weighted by Gasteiger charge is -2.12. The van der Waals surface area contributed by atoms with Gasteiger partial charge in [0.05, 0.1) is 19.1 Å². The molecule has 16 heavy (non-hydrogen) atoms. The normalized spacial score (nSPS) is 12.2. The van der Waals surface area contributed by atoms with Gasteiger partial charge in [-0.15, -0.1) is 0 Å². The van der Waals surface area contributed by atoms with Crippen LogP contribution in [0.15, 0.2) is 18.2 Å². The molecule has 0 aliphatic heterocycles. The Morgan fingerprint density at radius 3 is 2.88 bits per heavy atom. The van der Waals surface area contributed by atoms with Gasteiger partial charge in [0.15, 0.2) is 0 Å².